The van der Waals surface area contributed by atoms with Crippen LogP contribution in [-0.4, -0.2) is 148 Å². The average Bonchev–Trinajstić information content (AvgIpc) is 3.28. The number of methoxy groups -OCH3 is 1. The van der Waals surface area contributed by atoms with Gasteiger partial charge in [0.05, 0.1) is 6.61 Å². The molecule has 2 unspecified atom stereocenters. The zero-order valence-corrected chi connectivity index (χ0v) is 38.5. The maximum atomic E-state index is 14.9. The first-order chi connectivity index (χ1) is 31.2. The summed E-state index contributed by atoms with van der Waals surface area (Å²) in [6.07, 6.45) is -3.49. The second-order valence-corrected chi connectivity index (χ2v) is 17.1. The third-order valence-electron chi connectivity index (χ3n) is 11.6. The number of phenolic OH excluding ortho intramolecular Hbond substituents is 1. The number of amides is 7. The minimum Gasteiger partial charge on any atom is -0.508 e. The fourth-order valence-corrected chi connectivity index (χ4v) is 7.65. The van der Waals surface area contributed by atoms with E-state index >= 15 is 0 Å². The van der Waals surface area contributed by atoms with Gasteiger partial charge in [0, 0.05) is 27.0 Å². The van der Waals surface area contributed by atoms with Crippen molar-refractivity contribution in [3.05, 3.63) is 77.5 Å². The first kappa shape index (κ1) is 52.2. The Bertz CT molecular complexity index is 2090. The van der Waals surface area contributed by atoms with Gasteiger partial charge in [-0.3, -0.25) is 33.6 Å². The van der Waals surface area contributed by atoms with E-state index in [0.717, 1.165) is 9.80 Å². The number of aliphatic hydroxyl groups excluding tert-OH is 2. The van der Waals surface area contributed by atoms with Crippen molar-refractivity contribution in [1.82, 2.24) is 36.4 Å². The Labute approximate surface area is 383 Å². The number of carbonyl (C=O) groups excluding carboxylic acids is 8. The number of phenols is 1. The highest BCUT2D eigenvalue weighted by atomic mass is 16.5. The van der Waals surface area contributed by atoms with Crippen LogP contribution in [0.25, 0.3) is 0 Å². The highest BCUT2D eigenvalue weighted by molar-refractivity contribution is 6.02. The Kier molecular flexibility index (Phi) is 18.8. The Morgan fingerprint density at radius 2 is 1.50 bits per heavy atom. The van der Waals surface area contributed by atoms with Crippen LogP contribution in [0.15, 0.2) is 66.4 Å². The lowest BCUT2D eigenvalue weighted by atomic mass is 9.95. The summed E-state index contributed by atoms with van der Waals surface area (Å²) in [5.41, 5.74) is 0.744. The number of carbonyl (C=O) groups is 8. The third-order valence-corrected chi connectivity index (χ3v) is 11.6. The predicted octanol–water partition coefficient (Wildman–Crippen LogP) is -0.462. The molecular formula is C46H63N7O13. The highest BCUT2D eigenvalue weighted by Crippen LogP contribution is 2.25. The summed E-state index contributed by atoms with van der Waals surface area (Å²) < 4.78 is 10.8. The summed E-state index contributed by atoms with van der Waals surface area (Å²) in [5, 5.41) is 43.8. The number of benzene rings is 2. The molecule has 0 aromatic heterocycles. The van der Waals surface area contributed by atoms with E-state index in [2.05, 4.69) is 26.6 Å². The van der Waals surface area contributed by atoms with Crippen molar-refractivity contribution in [3.8, 4) is 5.75 Å². The zero-order chi connectivity index (χ0) is 49.0. The number of allylic oxidation sites excluding steroid dienone is 1. The van der Waals surface area contributed by atoms with E-state index < -0.39 is 120 Å². The quantitative estimate of drug-likeness (QED) is 0.0990. The topological polar surface area (TPSA) is 282 Å². The maximum Gasteiger partial charge on any atom is 0.329 e. The third kappa shape index (κ3) is 13.1. The molecule has 66 heavy (non-hydrogen) atoms. The highest BCUT2D eigenvalue weighted by Gasteiger charge is 2.45. The molecule has 2 heterocycles. The molecule has 2 aliphatic rings. The lowest BCUT2D eigenvalue weighted by Crippen LogP contribution is -2.64. The van der Waals surface area contributed by atoms with Crippen LogP contribution >= 0.6 is 0 Å². The number of ether oxygens (including phenoxy) is 2. The van der Waals surface area contributed by atoms with Crippen molar-refractivity contribution < 1.29 is 63.1 Å². The molecule has 0 saturated carbocycles. The van der Waals surface area contributed by atoms with Gasteiger partial charge in [0.15, 0.2) is 6.10 Å². The van der Waals surface area contributed by atoms with Gasteiger partial charge in [0.25, 0.3) is 17.7 Å². The van der Waals surface area contributed by atoms with Gasteiger partial charge in [-0.15, -0.1) is 0 Å². The molecule has 2 bridgehead atoms. The van der Waals surface area contributed by atoms with Crippen molar-refractivity contribution in [2.45, 2.75) is 122 Å². The fourth-order valence-electron chi connectivity index (χ4n) is 7.65. The molecular weight excluding hydrogens is 859 g/mol. The van der Waals surface area contributed by atoms with Gasteiger partial charge < -0.3 is 61.2 Å². The number of fused-ring (bicyclic) bond motifs is 2. The van der Waals surface area contributed by atoms with Crippen LogP contribution in [0.2, 0.25) is 0 Å². The molecule has 20 heteroatoms. The van der Waals surface area contributed by atoms with E-state index in [4.69, 9.17) is 9.47 Å². The van der Waals surface area contributed by atoms with Crippen LogP contribution in [0.3, 0.4) is 0 Å². The molecule has 0 aliphatic carbocycles. The Hall–Kier alpha value is -6.38. The second kappa shape index (κ2) is 23.7. The molecule has 2 saturated heterocycles. The molecule has 4 rings (SSSR count). The zero-order valence-electron chi connectivity index (χ0n) is 38.5. The van der Waals surface area contributed by atoms with Gasteiger partial charge >= 0.3 is 5.97 Å². The van der Waals surface area contributed by atoms with Crippen LogP contribution in [0, 0.1) is 11.8 Å². The second-order valence-electron chi connectivity index (χ2n) is 17.1. The monoisotopic (exact) mass is 921 g/mol. The number of aliphatic hydroxyl groups is 2. The standard InChI is InChI=1S/C46H63N7O13/c1-9-30-39(57)48-31-19-20-35(56)53(44(31)62)33(22-27-13-11-10-12-14-27)45(63)52(7)32(21-28-15-17-29(55)18-16-28)40(58)50-37(25(4)5)46(64)66-26(6)38(43(61)47-30)51-42(60)36(24(2)3)49-41(59)34(23-54)65-8/h9-18,24-26,31-38,54-56H,19-23H2,1-8H3,(H,47,61)(H,48,57)(H,49,59)(H,50,58)(H,51,60)/b30-9+/t26-,31+,32+,33+,34?,35-,36+,37?,38+/m1/s1. The average molecular weight is 922 g/mol. The Morgan fingerprint density at radius 3 is 2.08 bits per heavy atom. The summed E-state index contributed by atoms with van der Waals surface area (Å²) in [4.78, 5) is 115. The van der Waals surface area contributed by atoms with Crippen molar-refractivity contribution >= 4 is 47.3 Å². The Morgan fingerprint density at radius 1 is 0.879 bits per heavy atom. The van der Waals surface area contributed by atoms with E-state index in [9.17, 15) is 53.7 Å². The molecule has 2 aliphatic heterocycles. The van der Waals surface area contributed by atoms with Crippen LogP contribution in [0.4, 0.5) is 0 Å². The normalized spacial score (nSPS) is 25.5. The summed E-state index contributed by atoms with van der Waals surface area (Å²) in [6.45, 7) is 8.47. The molecule has 2 fully saturated rings. The number of cyclic esters (lactones) is 1. The number of hydrogen-bond donors (Lipinski definition) is 8. The number of piperidine rings is 1. The minimum absolute atomic E-state index is 0.0531. The lowest BCUT2D eigenvalue weighted by Gasteiger charge is -2.43. The first-order valence-electron chi connectivity index (χ1n) is 21.8. The predicted molar refractivity (Wildman–Crippen MR) is 237 cm³/mol. The summed E-state index contributed by atoms with van der Waals surface area (Å²) >= 11 is 0. The van der Waals surface area contributed by atoms with Gasteiger partial charge in [-0.05, 0) is 61.8 Å². The number of hydrogen-bond acceptors (Lipinski definition) is 13. The number of aromatic hydroxyl groups is 1. The van der Waals surface area contributed by atoms with E-state index in [1.54, 1.807) is 70.2 Å². The molecule has 2 aromatic carbocycles. The summed E-state index contributed by atoms with van der Waals surface area (Å²) in [7, 11) is 2.55. The smallest absolute Gasteiger partial charge is 0.329 e. The van der Waals surface area contributed by atoms with Crippen molar-refractivity contribution in [1.29, 1.82) is 0 Å². The number of esters is 1. The van der Waals surface area contributed by atoms with Gasteiger partial charge in [0.1, 0.15) is 60.0 Å². The van der Waals surface area contributed by atoms with Crippen LogP contribution < -0.4 is 26.6 Å². The molecule has 9 atom stereocenters. The van der Waals surface area contributed by atoms with Gasteiger partial charge in [-0.1, -0.05) is 76.2 Å². The molecule has 0 radical (unpaired) electrons. The van der Waals surface area contributed by atoms with Crippen LogP contribution in [0.5, 0.6) is 5.75 Å². The molecule has 0 spiro atoms. The van der Waals surface area contributed by atoms with Gasteiger partial charge in [0.2, 0.25) is 23.6 Å². The van der Waals surface area contributed by atoms with E-state index in [0.29, 0.717) is 11.1 Å². The van der Waals surface area contributed by atoms with E-state index in [1.807, 2.05) is 0 Å². The molecule has 20 nitrogen and oxygen atoms in total. The van der Waals surface area contributed by atoms with E-state index in [1.165, 1.54) is 46.2 Å². The van der Waals surface area contributed by atoms with Crippen molar-refractivity contribution in [2.24, 2.45) is 11.8 Å². The summed E-state index contributed by atoms with van der Waals surface area (Å²) in [6, 6.07) is 6.00. The number of likely N-dealkylation sites (N-methyl/N-ethyl adjacent to an activating group) is 1. The van der Waals surface area contributed by atoms with Crippen LogP contribution in [0.1, 0.15) is 65.5 Å². The molecule has 360 valence electrons. The van der Waals surface area contributed by atoms with Crippen molar-refractivity contribution in [3.63, 3.8) is 0 Å². The maximum absolute atomic E-state index is 14.9. The molecule has 2 aromatic rings. The van der Waals surface area contributed by atoms with Gasteiger partial charge in [-0.2, -0.15) is 0 Å². The number of nitrogens with one attached hydrogen (secondary N) is 5. The van der Waals surface area contributed by atoms with E-state index in [-0.39, 0.29) is 37.1 Å². The summed E-state index contributed by atoms with van der Waals surface area (Å²) in [5.74, 6) is -8.46. The molecule has 8 N–H and O–H groups in total. The van der Waals surface area contributed by atoms with Crippen LogP contribution in [-0.2, 0) is 60.7 Å². The molecule has 7 amide bonds. The largest absolute Gasteiger partial charge is 0.508 e. The van der Waals surface area contributed by atoms with Crippen molar-refractivity contribution in [2.75, 3.05) is 20.8 Å². The Balaban J connectivity index is 1.85. The number of rotatable bonds is 12. The SMILES string of the molecule is C/C=C1/NC(=O)[C@@H](NC(=O)[C@@H](NC(=O)C(CO)OC)C(C)C)[C@@H](C)OC(=O)C(C(C)C)NC(=O)[C@H](Cc2ccc(O)cc2)N(C)C(=O)[C@H](Cc2ccccc2)N2C(=O)[C@H](CC[C@H]2O)NC1=O. The minimum atomic E-state index is -1.75. The lowest BCUT2D eigenvalue weighted by molar-refractivity contribution is -0.165. The van der Waals surface area contributed by atoms with Gasteiger partial charge in [-0.25, -0.2) is 4.79 Å². The first-order valence-corrected chi connectivity index (χ1v) is 21.8. The fraction of sp³-hybridized carbons (Fsp3) is 0.522. The number of nitrogens with zero attached hydrogens (tertiary/aromatic N) is 2.